The molecule has 5 nitrogen and oxygen atoms in total. The van der Waals surface area contributed by atoms with Crippen molar-refractivity contribution in [3.63, 3.8) is 0 Å². The van der Waals surface area contributed by atoms with Gasteiger partial charge in [-0.25, -0.2) is 4.39 Å². The molecule has 0 atom stereocenters. The quantitative estimate of drug-likeness (QED) is 0.814. The number of halogens is 1. The predicted molar refractivity (Wildman–Crippen MR) is 107 cm³/mol. The third kappa shape index (κ3) is 5.10. The van der Waals surface area contributed by atoms with Gasteiger partial charge in [0.05, 0.1) is 6.54 Å². The highest BCUT2D eigenvalue weighted by Gasteiger charge is 2.36. The lowest BCUT2D eigenvalue weighted by Crippen LogP contribution is -2.44. The van der Waals surface area contributed by atoms with Crippen LogP contribution in [0.4, 0.5) is 4.39 Å². The SMILES string of the molecule is CCC(=O)N1CCCN(CC(=O)NCC2(c3ccc(F)cc3)CCCC2)CC1. The molecule has 2 aliphatic rings. The maximum absolute atomic E-state index is 13.3. The Morgan fingerprint density at radius 3 is 2.43 bits per heavy atom. The Bertz CT molecular complexity index is 671. The van der Waals surface area contributed by atoms with Crippen LogP contribution in [0.1, 0.15) is 51.0 Å². The maximum Gasteiger partial charge on any atom is 0.234 e. The third-order valence-electron chi connectivity index (χ3n) is 6.25. The van der Waals surface area contributed by atoms with Crippen molar-refractivity contribution in [1.29, 1.82) is 0 Å². The van der Waals surface area contributed by atoms with E-state index >= 15 is 0 Å². The molecule has 0 unspecified atom stereocenters. The molecule has 0 aromatic heterocycles. The lowest BCUT2D eigenvalue weighted by molar-refractivity contribution is -0.130. The molecule has 0 radical (unpaired) electrons. The standard InChI is InChI=1S/C22H32FN3O2/c1-2-21(28)26-13-5-12-25(14-15-26)16-20(27)24-17-22(10-3-4-11-22)18-6-8-19(23)9-7-18/h6-9H,2-5,10-17H2,1H3,(H,24,27). The Labute approximate surface area is 167 Å². The summed E-state index contributed by atoms with van der Waals surface area (Å²) in [4.78, 5) is 28.5. The first-order valence-electron chi connectivity index (χ1n) is 10.6. The van der Waals surface area contributed by atoms with Gasteiger partial charge in [-0.15, -0.1) is 0 Å². The van der Waals surface area contributed by atoms with E-state index in [9.17, 15) is 14.0 Å². The molecule has 28 heavy (non-hydrogen) atoms. The normalized spacial score (nSPS) is 20.0. The minimum Gasteiger partial charge on any atom is -0.354 e. The molecule has 1 saturated heterocycles. The number of rotatable bonds is 6. The molecule has 0 spiro atoms. The van der Waals surface area contributed by atoms with E-state index in [1.165, 1.54) is 12.1 Å². The van der Waals surface area contributed by atoms with Crippen LogP contribution < -0.4 is 5.32 Å². The second kappa shape index (κ2) is 9.50. The van der Waals surface area contributed by atoms with E-state index < -0.39 is 0 Å². The highest BCUT2D eigenvalue weighted by molar-refractivity contribution is 5.78. The Morgan fingerprint density at radius 1 is 1.04 bits per heavy atom. The molecule has 3 rings (SSSR count). The minimum absolute atomic E-state index is 0.0312. The van der Waals surface area contributed by atoms with Crippen LogP contribution in [0, 0.1) is 5.82 Å². The van der Waals surface area contributed by atoms with Crippen molar-refractivity contribution in [1.82, 2.24) is 15.1 Å². The van der Waals surface area contributed by atoms with E-state index in [2.05, 4.69) is 10.2 Å². The fourth-order valence-corrected chi connectivity index (χ4v) is 4.55. The Balaban J connectivity index is 1.53. The topological polar surface area (TPSA) is 52.7 Å². The molecular weight excluding hydrogens is 357 g/mol. The van der Waals surface area contributed by atoms with Crippen LogP contribution in [0.15, 0.2) is 24.3 Å². The van der Waals surface area contributed by atoms with E-state index in [0.717, 1.165) is 57.3 Å². The number of nitrogens with zero attached hydrogens (tertiary/aromatic N) is 2. The molecule has 1 heterocycles. The first-order valence-corrected chi connectivity index (χ1v) is 10.6. The van der Waals surface area contributed by atoms with Crippen LogP contribution in [-0.2, 0) is 15.0 Å². The second-order valence-electron chi connectivity index (χ2n) is 8.14. The van der Waals surface area contributed by atoms with Crippen LogP contribution in [0.25, 0.3) is 0 Å². The number of benzene rings is 1. The van der Waals surface area contributed by atoms with E-state index in [4.69, 9.17) is 0 Å². The van der Waals surface area contributed by atoms with E-state index in [1.807, 2.05) is 24.0 Å². The van der Waals surface area contributed by atoms with Gasteiger partial charge in [0.1, 0.15) is 5.82 Å². The number of hydrogen-bond acceptors (Lipinski definition) is 3. The number of amides is 2. The smallest absolute Gasteiger partial charge is 0.234 e. The highest BCUT2D eigenvalue weighted by atomic mass is 19.1. The summed E-state index contributed by atoms with van der Waals surface area (Å²) in [6, 6.07) is 6.75. The fraction of sp³-hybridized carbons (Fsp3) is 0.636. The molecule has 1 aromatic carbocycles. The fourth-order valence-electron chi connectivity index (χ4n) is 4.55. The van der Waals surface area contributed by atoms with Crippen molar-refractivity contribution in [2.24, 2.45) is 0 Å². The Hall–Kier alpha value is -1.95. The van der Waals surface area contributed by atoms with Crippen LogP contribution >= 0.6 is 0 Å². The summed E-state index contributed by atoms with van der Waals surface area (Å²) in [6.45, 7) is 5.90. The van der Waals surface area contributed by atoms with Crippen molar-refractivity contribution in [3.8, 4) is 0 Å². The largest absolute Gasteiger partial charge is 0.354 e. The molecule has 1 aliphatic carbocycles. The summed E-state index contributed by atoms with van der Waals surface area (Å²) in [6.07, 6.45) is 5.76. The molecular formula is C22H32FN3O2. The lowest BCUT2D eigenvalue weighted by atomic mass is 9.79. The molecule has 2 amide bonds. The number of nitrogens with one attached hydrogen (secondary N) is 1. The van der Waals surface area contributed by atoms with Gasteiger partial charge in [-0.3, -0.25) is 14.5 Å². The zero-order valence-corrected chi connectivity index (χ0v) is 16.9. The van der Waals surface area contributed by atoms with Gasteiger partial charge in [-0.2, -0.15) is 0 Å². The zero-order valence-electron chi connectivity index (χ0n) is 16.9. The molecule has 1 aliphatic heterocycles. The Kier molecular flexibility index (Phi) is 7.05. The molecule has 1 aromatic rings. The number of carbonyl (C=O) groups excluding carboxylic acids is 2. The molecule has 0 bridgehead atoms. The molecule has 6 heteroatoms. The molecule has 1 saturated carbocycles. The third-order valence-corrected chi connectivity index (χ3v) is 6.25. The van der Waals surface area contributed by atoms with Crippen molar-refractivity contribution in [2.45, 2.75) is 50.9 Å². The first kappa shape index (κ1) is 20.8. The summed E-state index contributed by atoms with van der Waals surface area (Å²) in [5.41, 5.74) is 1.04. The maximum atomic E-state index is 13.3. The first-order chi connectivity index (χ1) is 13.5. The van der Waals surface area contributed by atoms with Crippen LogP contribution in [0.3, 0.4) is 0 Å². The van der Waals surface area contributed by atoms with Gasteiger partial charge in [0.15, 0.2) is 0 Å². The van der Waals surface area contributed by atoms with Gasteiger partial charge >= 0.3 is 0 Å². The monoisotopic (exact) mass is 389 g/mol. The van der Waals surface area contributed by atoms with Gasteiger partial charge in [0.25, 0.3) is 0 Å². The van der Waals surface area contributed by atoms with Gasteiger partial charge in [0, 0.05) is 44.6 Å². The van der Waals surface area contributed by atoms with Crippen molar-refractivity contribution in [3.05, 3.63) is 35.6 Å². The van der Waals surface area contributed by atoms with Crippen LogP contribution in [0.2, 0.25) is 0 Å². The predicted octanol–water partition coefficient (Wildman–Crippen LogP) is 2.70. The van der Waals surface area contributed by atoms with E-state index in [0.29, 0.717) is 26.1 Å². The average Bonchev–Trinajstić information content (AvgIpc) is 3.07. The van der Waals surface area contributed by atoms with Crippen molar-refractivity contribution >= 4 is 11.8 Å². The van der Waals surface area contributed by atoms with Crippen molar-refractivity contribution in [2.75, 3.05) is 39.3 Å². The Morgan fingerprint density at radius 2 is 1.75 bits per heavy atom. The number of hydrogen-bond donors (Lipinski definition) is 1. The van der Waals surface area contributed by atoms with Gasteiger partial charge < -0.3 is 10.2 Å². The average molecular weight is 390 g/mol. The lowest BCUT2D eigenvalue weighted by Gasteiger charge is -2.30. The highest BCUT2D eigenvalue weighted by Crippen LogP contribution is 2.40. The summed E-state index contributed by atoms with van der Waals surface area (Å²) < 4.78 is 13.3. The van der Waals surface area contributed by atoms with Gasteiger partial charge in [0.2, 0.25) is 11.8 Å². The van der Waals surface area contributed by atoms with Gasteiger partial charge in [-0.1, -0.05) is 31.9 Å². The summed E-state index contributed by atoms with van der Waals surface area (Å²) in [5.74, 6) is -0.00451. The summed E-state index contributed by atoms with van der Waals surface area (Å²) >= 11 is 0. The van der Waals surface area contributed by atoms with Crippen LogP contribution in [-0.4, -0.2) is 60.9 Å². The van der Waals surface area contributed by atoms with Crippen molar-refractivity contribution < 1.29 is 14.0 Å². The summed E-state index contributed by atoms with van der Waals surface area (Å²) in [7, 11) is 0. The van der Waals surface area contributed by atoms with Crippen LogP contribution in [0.5, 0.6) is 0 Å². The molecule has 2 fully saturated rings. The molecule has 1 N–H and O–H groups in total. The molecule has 154 valence electrons. The van der Waals surface area contributed by atoms with Gasteiger partial charge in [-0.05, 0) is 37.0 Å². The van der Waals surface area contributed by atoms with E-state index in [1.54, 1.807) is 0 Å². The van der Waals surface area contributed by atoms with E-state index in [-0.39, 0.29) is 23.0 Å². The number of carbonyl (C=O) groups is 2. The summed E-state index contributed by atoms with van der Waals surface area (Å²) in [5, 5.41) is 3.14. The zero-order chi connectivity index (χ0) is 20.0. The second-order valence-corrected chi connectivity index (χ2v) is 8.14. The minimum atomic E-state index is -0.224.